The van der Waals surface area contributed by atoms with Crippen molar-refractivity contribution < 1.29 is 14.6 Å². The highest BCUT2D eigenvalue weighted by Gasteiger charge is 2.15. The summed E-state index contributed by atoms with van der Waals surface area (Å²) in [5.41, 5.74) is 2.85. The minimum atomic E-state index is -1.04. The predicted molar refractivity (Wildman–Crippen MR) is 86.3 cm³/mol. The van der Waals surface area contributed by atoms with Crippen LogP contribution in [0.2, 0.25) is 0 Å². The summed E-state index contributed by atoms with van der Waals surface area (Å²) in [6.07, 6.45) is 0.329. The van der Waals surface area contributed by atoms with Gasteiger partial charge in [-0.2, -0.15) is 5.10 Å². The first-order valence-corrected chi connectivity index (χ1v) is 7.37. The van der Waals surface area contributed by atoms with E-state index in [2.05, 4.69) is 10.2 Å². The number of aromatic nitrogens is 2. The Kier molecular flexibility index (Phi) is 4.83. The second kappa shape index (κ2) is 6.64. The van der Waals surface area contributed by atoms with Gasteiger partial charge in [0.05, 0.1) is 11.8 Å². The van der Waals surface area contributed by atoms with Crippen LogP contribution in [0.3, 0.4) is 0 Å². The molecule has 0 unspecified atom stereocenters. The number of ether oxygens (including phenoxy) is 1. The fraction of sp³-hybridized carbons (Fsp3) is 0.353. The highest BCUT2D eigenvalue weighted by atomic mass is 16.5. The Morgan fingerprint density at radius 3 is 2.61 bits per heavy atom. The summed E-state index contributed by atoms with van der Waals surface area (Å²) in [5, 5.41) is 15.9. The van der Waals surface area contributed by atoms with Gasteiger partial charge in [0, 0.05) is 12.0 Å². The molecule has 0 spiro atoms. The Balaban J connectivity index is 2.38. The van der Waals surface area contributed by atoms with Crippen LogP contribution in [-0.2, 0) is 6.42 Å². The molecule has 0 aliphatic heterocycles. The minimum absolute atomic E-state index is 0.107. The zero-order chi connectivity index (χ0) is 17.1. The van der Waals surface area contributed by atoms with Gasteiger partial charge < -0.3 is 9.84 Å². The number of aromatic carboxylic acids is 1. The summed E-state index contributed by atoms with van der Waals surface area (Å²) >= 11 is 0. The van der Waals surface area contributed by atoms with E-state index in [9.17, 15) is 14.7 Å². The Morgan fingerprint density at radius 1 is 1.30 bits per heavy atom. The molecule has 6 nitrogen and oxygen atoms in total. The van der Waals surface area contributed by atoms with Gasteiger partial charge in [-0.3, -0.25) is 4.79 Å². The quantitative estimate of drug-likeness (QED) is 0.884. The number of hydrogen-bond donors (Lipinski definition) is 2. The third-order valence-corrected chi connectivity index (χ3v) is 3.64. The number of carboxylic acid groups (broad SMARTS) is 1. The summed E-state index contributed by atoms with van der Waals surface area (Å²) in [7, 11) is 0. The largest absolute Gasteiger partial charge is 0.490 e. The van der Waals surface area contributed by atoms with Gasteiger partial charge in [0.2, 0.25) is 0 Å². The first-order valence-electron chi connectivity index (χ1n) is 7.37. The molecule has 0 atom stereocenters. The van der Waals surface area contributed by atoms with Gasteiger partial charge in [-0.25, -0.2) is 9.89 Å². The SMILES string of the molecule is Cc1c(Cc2ccc(OC(C)C)c(C(=O)O)c2)n[nH]c(=O)c1C. The molecule has 0 radical (unpaired) electrons. The van der Waals surface area contributed by atoms with Crippen molar-refractivity contribution in [2.45, 2.75) is 40.2 Å². The molecule has 122 valence electrons. The average Bonchev–Trinajstić information content (AvgIpc) is 2.48. The van der Waals surface area contributed by atoms with Crippen LogP contribution in [0.5, 0.6) is 5.75 Å². The van der Waals surface area contributed by atoms with Crippen molar-refractivity contribution in [3.8, 4) is 5.75 Å². The van der Waals surface area contributed by atoms with Crippen molar-refractivity contribution in [3.05, 3.63) is 56.5 Å². The lowest BCUT2D eigenvalue weighted by Crippen LogP contribution is -2.16. The fourth-order valence-electron chi connectivity index (χ4n) is 2.25. The van der Waals surface area contributed by atoms with E-state index < -0.39 is 5.97 Å². The van der Waals surface area contributed by atoms with Gasteiger partial charge in [-0.1, -0.05) is 6.07 Å². The van der Waals surface area contributed by atoms with Crippen LogP contribution in [0.15, 0.2) is 23.0 Å². The Hall–Kier alpha value is -2.63. The number of hydrogen-bond acceptors (Lipinski definition) is 4. The normalized spacial score (nSPS) is 10.8. The van der Waals surface area contributed by atoms with Crippen molar-refractivity contribution in [2.75, 3.05) is 0 Å². The zero-order valence-corrected chi connectivity index (χ0v) is 13.6. The van der Waals surface area contributed by atoms with E-state index in [4.69, 9.17) is 4.74 Å². The summed E-state index contributed by atoms with van der Waals surface area (Å²) < 4.78 is 5.53. The molecule has 0 aliphatic carbocycles. The van der Waals surface area contributed by atoms with Crippen molar-refractivity contribution >= 4 is 5.97 Å². The second-order valence-electron chi connectivity index (χ2n) is 5.73. The second-order valence-corrected chi connectivity index (χ2v) is 5.73. The van der Waals surface area contributed by atoms with Crippen molar-refractivity contribution in [2.24, 2.45) is 0 Å². The Morgan fingerprint density at radius 2 is 2.00 bits per heavy atom. The summed E-state index contributed by atoms with van der Waals surface area (Å²) in [4.78, 5) is 23.0. The first-order chi connectivity index (χ1) is 10.8. The van der Waals surface area contributed by atoms with Gasteiger partial charge in [0.15, 0.2) is 0 Å². The lowest BCUT2D eigenvalue weighted by molar-refractivity contribution is 0.0690. The monoisotopic (exact) mass is 316 g/mol. The lowest BCUT2D eigenvalue weighted by Gasteiger charge is -2.14. The van der Waals surface area contributed by atoms with Crippen LogP contribution in [0.25, 0.3) is 0 Å². The molecule has 23 heavy (non-hydrogen) atoms. The third-order valence-electron chi connectivity index (χ3n) is 3.64. The van der Waals surface area contributed by atoms with E-state index in [0.717, 1.165) is 16.8 Å². The number of nitrogens with one attached hydrogen (secondary N) is 1. The zero-order valence-electron chi connectivity index (χ0n) is 13.6. The molecule has 0 saturated heterocycles. The van der Waals surface area contributed by atoms with Crippen molar-refractivity contribution in [1.29, 1.82) is 0 Å². The molecule has 1 aromatic heterocycles. The molecule has 0 aliphatic rings. The van der Waals surface area contributed by atoms with Crippen LogP contribution in [-0.4, -0.2) is 27.4 Å². The van der Waals surface area contributed by atoms with E-state index in [0.29, 0.717) is 17.7 Å². The molecule has 0 bridgehead atoms. The van der Waals surface area contributed by atoms with E-state index in [1.165, 1.54) is 0 Å². The van der Waals surface area contributed by atoms with E-state index in [1.54, 1.807) is 19.1 Å². The summed E-state index contributed by atoms with van der Waals surface area (Å²) in [6.45, 7) is 7.26. The molecule has 1 heterocycles. The average molecular weight is 316 g/mol. The molecular weight excluding hydrogens is 296 g/mol. The molecule has 1 aromatic carbocycles. The number of nitrogens with zero attached hydrogens (tertiary/aromatic N) is 1. The van der Waals surface area contributed by atoms with E-state index in [1.807, 2.05) is 26.8 Å². The van der Waals surface area contributed by atoms with Gasteiger partial charge in [0.25, 0.3) is 5.56 Å². The van der Waals surface area contributed by atoms with Gasteiger partial charge in [-0.15, -0.1) is 0 Å². The van der Waals surface area contributed by atoms with Crippen molar-refractivity contribution in [1.82, 2.24) is 10.2 Å². The third kappa shape index (κ3) is 3.77. The minimum Gasteiger partial charge on any atom is -0.490 e. The van der Waals surface area contributed by atoms with Crippen LogP contribution >= 0.6 is 0 Å². The maximum Gasteiger partial charge on any atom is 0.339 e. The molecule has 2 rings (SSSR count). The van der Waals surface area contributed by atoms with Crippen LogP contribution in [0.1, 0.15) is 46.6 Å². The van der Waals surface area contributed by atoms with Crippen LogP contribution in [0, 0.1) is 13.8 Å². The van der Waals surface area contributed by atoms with Crippen LogP contribution in [0.4, 0.5) is 0 Å². The molecule has 2 N–H and O–H groups in total. The Labute approximate surface area is 134 Å². The summed E-state index contributed by atoms with van der Waals surface area (Å²) in [6, 6.07) is 5.06. The topological polar surface area (TPSA) is 92.3 Å². The highest BCUT2D eigenvalue weighted by molar-refractivity contribution is 5.91. The van der Waals surface area contributed by atoms with Gasteiger partial charge in [0.1, 0.15) is 11.3 Å². The molecule has 0 amide bonds. The lowest BCUT2D eigenvalue weighted by atomic mass is 10.0. The van der Waals surface area contributed by atoms with Gasteiger partial charge in [-0.05, 0) is 51.0 Å². The number of H-pyrrole nitrogens is 1. The van der Waals surface area contributed by atoms with Gasteiger partial charge >= 0.3 is 5.97 Å². The number of carbonyl (C=O) groups is 1. The predicted octanol–water partition coefficient (Wildman–Crippen LogP) is 2.46. The maximum atomic E-state index is 11.5. The van der Waals surface area contributed by atoms with Crippen LogP contribution < -0.4 is 10.3 Å². The number of carboxylic acids is 1. The molecule has 2 aromatic rings. The molecule has 0 saturated carbocycles. The molecule has 6 heteroatoms. The highest BCUT2D eigenvalue weighted by Crippen LogP contribution is 2.23. The van der Waals surface area contributed by atoms with E-state index >= 15 is 0 Å². The first kappa shape index (κ1) is 16.7. The number of aromatic amines is 1. The van der Waals surface area contributed by atoms with Crippen molar-refractivity contribution in [3.63, 3.8) is 0 Å². The molecule has 0 fully saturated rings. The maximum absolute atomic E-state index is 11.5. The van der Waals surface area contributed by atoms with E-state index in [-0.39, 0.29) is 17.2 Å². The number of benzene rings is 1. The smallest absolute Gasteiger partial charge is 0.339 e. The Bertz CT molecular complexity index is 794. The molecular formula is C17H20N2O4. The fourth-order valence-corrected chi connectivity index (χ4v) is 2.25. The number of rotatable bonds is 5. The summed E-state index contributed by atoms with van der Waals surface area (Å²) in [5.74, 6) is -0.691. The standard InChI is InChI=1S/C17H20N2O4/c1-9(2)23-15-6-5-12(7-13(15)17(21)22)8-14-10(3)11(4)16(20)19-18-14/h5-7,9H,8H2,1-4H3,(H,19,20)(H,21,22).